The first-order valence-corrected chi connectivity index (χ1v) is 26.2. The maximum absolute atomic E-state index is 2.97. The third kappa shape index (κ3) is 6.00. The van der Waals surface area contributed by atoms with Crippen LogP contribution in [-0.4, -0.2) is 21.8 Å². The molecule has 328 valence electrons. The lowest BCUT2D eigenvalue weighted by Crippen LogP contribution is -2.75. The van der Waals surface area contributed by atoms with E-state index in [-0.39, 0.29) is 0 Å². The van der Waals surface area contributed by atoms with Crippen molar-refractivity contribution in [1.82, 2.24) is 13.7 Å². The topological polar surface area (TPSA) is 14.8 Å². The lowest BCUT2D eigenvalue weighted by molar-refractivity contribution is 1.15. The molecule has 3 heterocycles. The second-order valence-corrected chi connectivity index (χ2v) is 22.2. The molecule has 4 heteroatoms. The van der Waals surface area contributed by atoms with Gasteiger partial charge in [0.2, 0.25) is 0 Å². The maximum Gasteiger partial charge on any atom is 0.181 e. The summed E-state index contributed by atoms with van der Waals surface area (Å²) < 4.78 is 7.49. The fourth-order valence-corrected chi connectivity index (χ4v) is 16.8. The minimum Gasteiger partial charge on any atom is -0.309 e. The van der Waals surface area contributed by atoms with Gasteiger partial charge in [-0.15, -0.1) is 0 Å². The summed E-state index contributed by atoms with van der Waals surface area (Å²) in [5, 5.41) is 12.8. The zero-order chi connectivity index (χ0) is 46.2. The lowest BCUT2D eigenvalue weighted by atomic mass is 10.1. The van der Waals surface area contributed by atoms with E-state index < -0.39 is 8.07 Å². The van der Waals surface area contributed by atoms with Crippen LogP contribution in [0.15, 0.2) is 273 Å². The molecule has 0 saturated heterocycles. The monoisotopic (exact) mass is 907 g/mol. The SMILES string of the molecule is c1ccc(-c2cccc(-n3c4ccc(-n5c6ccccc6c6ccccc65)cc4c4ccc(-n5c6ccccc6c6cccc([Si](c7ccccc7)(c7ccccc7)c7ccccc7)c65)cc43)c2)cc1. The first kappa shape index (κ1) is 40.1. The number of hydrogen-bond donors (Lipinski definition) is 0. The van der Waals surface area contributed by atoms with Crippen LogP contribution in [0.25, 0.3) is 93.6 Å². The normalized spacial score (nSPS) is 12.0. The summed E-state index contributed by atoms with van der Waals surface area (Å²) in [6.07, 6.45) is 0. The van der Waals surface area contributed by atoms with E-state index in [0.29, 0.717) is 0 Å². The summed E-state index contributed by atoms with van der Waals surface area (Å²) in [6.45, 7) is 0. The third-order valence-corrected chi connectivity index (χ3v) is 19.6. The smallest absolute Gasteiger partial charge is 0.181 e. The average molecular weight is 908 g/mol. The third-order valence-electron chi connectivity index (χ3n) is 14.8. The lowest BCUT2D eigenvalue weighted by Gasteiger charge is -2.35. The molecule has 0 aliphatic carbocycles. The number of fused-ring (bicyclic) bond motifs is 9. The van der Waals surface area contributed by atoms with Crippen LogP contribution in [0.5, 0.6) is 0 Å². The molecule has 0 aliphatic rings. The number of benzene rings is 11. The quantitative estimate of drug-likeness (QED) is 0.107. The van der Waals surface area contributed by atoms with Gasteiger partial charge >= 0.3 is 0 Å². The van der Waals surface area contributed by atoms with E-state index >= 15 is 0 Å². The molecule has 0 bridgehead atoms. The van der Waals surface area contributed by atoms with Crippen LogP contribution in [0.1, 0.15) is 0 Å². The van der Waals surface area contributed by atoms with Crippen LogP contribution in [0.4, 0.5) is 0 Å². The van der Waals surface area contributed by atoms with Crippen molar-refractivity contribution in [2.75, 3.05) is 0 Å². The van der Waals surface area contributed by atoms with Gasteiger partial charge in [0.1, 0.15) is 0 Å². The minimum atomic E-state index is -2.97. The molecule has 0 N–H and O–H groups in total. The molecule has 3 aromatic heterocycles. The van der Waals surface area contributed by atoms with Crippen LogP contribution >= 0.6 is 0 Å². The zero-order valence-electron chi connectivity index (χ0n) is 38.3. The molecule has 0 aliphatic heterocycles. The van der Waals surface area contributed by atoms with E-state index in [1.54, 1.807) is 0 Å². The molecular weight excluding hydrogens is 863 g/mol. The van der Waals surface area contributed by atoms with Gasteiger partial charge in [0.15, 0.2) is 8.07 Å². The predicted molar refractivity (Wildman–Crippen MR) is 299 cm³/mol. The molecule has 0 spiro atoms. The van der Waals surface area contributed by atoms with Crippen molar-refractivity contribution >= 4 is 94.2 Å². The fraction of sp³-hybridized carbons (Fsp3) is 0. The van der Waals surface area contributed by atoms with Gasteiger partial charge in [-0.2, -0.15) is 0 Å². The van der Waals surface area contributed by atoms with Crippen molar-refractivity contribution < 1.29 is 0 Å². The largest absolute Gasteiger partial charge is 0.309 e. The van der Waals surface area contributed by atoms with Gasteiger partial charge in [-0.25, -0.2) is 0 Å². The van der Waals surface area contributed by atoms with Gasteiger partial charge in [0.25, 0.3) is 0 Å². The Morgan fingerprint density at radius 1 is 0.229 bits per heavy atom. The van der Waals surface area contributed by atoms with Crippen LogP contribution in [0.3, 0.4) is 0 Å². The van der Waals surface area contributed by atoms with Crippen molar-refractivity contribution in [1.29, 1.82) is 0 Å². The Morgan fingerprint density at radius 2 is 0.643 bits per heavy atom. The highest BCUT2D eigenvalue weighted by atomic mass is 28.3. The molecule has 14 rings (SSSR count). The second-order valence-electron chi connectivity index (χ2n) is 18.4. The Bertz CT molecular complexity index is 4130. The molecule has 11 aromatic carbocycles. The maximum atomic E-state index is 2.57. The van der Waals surface area contributed by atoms with Crippen LogP contribution in [0, 0.1) is 0 Å². The molecule has 0 radical (unpaired) electrons. The van der Waals surface area contributed by atoms with E-state index in [1.807, 2.05) is 0 Å². The number of aromatic nitrogens is 3. The number of para-hydroxylation sites is 4. The van der Waals surface area contributed by atoms with E-state index in [2.05, 4.69) is 287 Å². The van der Waals surface area contributed by atoms with Crippen LogP contribution < -0.4 is 20.7 Å². The van der Waals surface area contributed by atoms with Gasteiger partial charge in [0.05, 0.1) is 33.1 Å². The molecular formula is C66H45N3Si. The Morgan fingerprint density at radius 3 is 1.26 bits per heavy atom. The highest BCUT2D eigenvalue weighted by Crippen LogP contribution is 2.40. The molecule has 0 fully saturated rings. The van der Waals surface area contributed by atoms with Crippen molar-refractivity contribution in [3.05, 3.63) is 273 Å². The summed E-state index contributed by atoms with van der Waals surface area (Å²) in [5.74, 6) is 0. The van der Waals surface area contributed by atoms with Gasteiger partial charge in [0, 0.05) is 49.4 Å². The summed E-state index contributed by atoms with van der Waals surface area (Å²) >= 11 is 0. The van der Waals surface area contributed by atoms with Gasteiger partial charge in [-0.3, -0.25) is 0 Å². The first-order valence-electron chi connectivity index (χ1n) is 24.2. The highest BCUT2D eigenvalue weighted by molar-refractivity contribution is 7.20. The Hall–Kier alpha value is -8.96. The summed E-state index contributed by atoms with van der Waals surface area (Å²) in [6, 6.07) is 101. The van der Waals surface area contributed by atoms with E-state index in [9.17, 15) is 0 Å². The standard InChI is InChI=1S/C66H45N3Si/c1-5-21-46(22-6-1)47-23-19-24-48(43-47)68-63-42-40-49(67-60-35-16-13-31-54(60)55-32-14-17-36-61(55)67)44-59(63)57-41-39-50(45-64(57)68)69-62-37-18-15-33-56(62)58-34-20-38-65(66(58)69)70(51-25-7-2-8-26-51,52-27-9-3-10-28-52)53-29-11-4-12-30-53/h1-45H. The van der Waals surface area contributed by atoms with E-state index in [1.165, 1.54) is 86.3 Å². The van der Waals surface area contributed by atoms with E-state index in [0.717, 1.165) is 28.1 Å². The van der Waals surface area contributed by atoms with Gasteiger partial charge < -0.3 is 13.7 Å². The second kappa shape index (κ2) is 16.1. The average Bonchev–Trinajstić information content (AvgIpc) is 4.08. The van der Waals surface area contributed by atoms with Crippen LogP contribution in [0.2, 0.25) is 0 Å². The Balaban J connectivity index is 1.09. The number of nitrogens with zero attached hydrogens (tertiary/aromatic N) is 3. The predicted octanol–water partition coefficient (Wildman–Crippen LogP) is 14.0. The van der Waals surface area contributed by atoms with Crippen molar-refractivity contribution in [2.24, 2.45) is 0 Å². The fourth-order valence-electron chi connectivity index (χ4n) is 11.8. The summed E-state index contributed by atoms with van der Waals surface area (Å²) in [5.41, 5.74) is 12.9. The first-order chi connectivity index (χ1) is 34.8. The molecule has 0 atom stereocenters. The van der Waals surface area contributed by atoms with Crippen LogP contribution in [-0.2, 0) is 0 Å². The molecule has 3 nitrogen and oxygen atoms in total. The Labute approximate surface area is 407 Å². The summed E-state index contributed by atoms with van der Waals surface area (Å²) in [4.78, 5) is 0. The van der Waals surface area contributed by atoms with Crippen molar-refractivity contribution in [2.45, 2.75) is 0 Å². The molecule has 0 saturated carbocycles. The molecule has 0 unspecified atom stereocenters. The highest BCUT2D eigenvalue weighted by Gasteiger charge is 2.43. The number of hydrogen-bond acceptors (Lipinski definition) is 0. The van der Waals surface area contributed by atoms with Crippen molar-refractivity contribution in [3.8, 4) is 28.2 Å². The zero-order valence-corrected chi connectivity index (χ0v) is 39.3. The van der Waals surface area contributed by atoms with Crippen molar-refractivity contribution in [3.63, 3.8) is 0 Å². The molecule has 70 heavy (non-hydrogen) atoms. The number of rotatable bonds is 8. The minimum absolute atomic E-state index is 1.12. The molecule has 14 aromatic rings. The molecule has 0 amide bonds. The van der Waals surface area contributed by atoms with E-state index in [4.69, 9.17) is 0 Å². The van der Waals surface area contributed by atoms with Gasteiger partial charge in [-0.1, -0.05) is 212 Å². The summed E-state index contributed by atoms with van der Waals surface area (Å²) in [7, 11) is -2.97. The van der Waals surface area contributed by atoms with Gasteiger partial charge in [-0.05, 0) is 92.5 Å². The Kier molecular flexibility index (Phi) is 9.23.